The second-order valence-corrected chi connectivity index (χ2v) is 7.39. The molecule has 0 saturated carbocycles. The summed E-state index contributed by atoms with van der Waals surface area (Å²) in [6.45, 7) is 2.64. The molecule has 0 aliphatic rings. The minimum Gasteiger partial charge on any atom is -0.351 e. The third kappa shape index (κ3) is 4.73. The lowest BCUT2D eigenvalue weighted by atomic mass is 10.3. The van der Waals surface area contributed by atoms with Crippen molar-refractivity contribution in [3.05, 3.63) is 18.0 Å². The molecule has 0 aliphatic heterocycles. The molecule has 1 atom stereocenters. The Bertz CT molecular complexity index is 607. The normalized spacial score (nSPS) is 13.2. The summed E-state index contributed by atoms with van der Waals surface area (Å²) in [5.41, 5.74) is 0.245. The average molecular weight is 321 g/mol. The maximum absolute atomic E-state index is 12.0. The van der Waals surface area contributed by atoms with Crippen LogP contribution in [0.3, 0.4) is 0 Å². The van der Waals surface area contributed by atoms with Crippen molar-refractivity contribution in [2.75, 3.05) is 18.6 Å². The highest BCUT2D eigenvalue weighted by Crippen LogP contribution is 2.13. The molecule has 0 saturated heterocycles. The molecule has 0 bridgehead atoms. The van der Waals surface area contributed by atoms with E-state index in [0.717, 1.165) is 0 Å². The fourth-order valence-corrected chi connectivity index (χ4v) is 2.76. The number of aromatic nitrogens is 1. The average Bonchev–Trinajstić information content (AvgIpc) is 2.78. The molecule has 0 fully saturated rings. The largest absolute Gasteiger partial charge is 0.351 e. The van der Waals surface area contributed by atoms with Crippen LogP contribution in [0, 0.1) is 0 Å². The summed E-state index contributed by atoms with van der Waals surface area (Å²) in [6, 6.07) is 1.26. The van der Waals surface area contributed by atoms with Gasteiger partial charge in [0, 0.05) is 42.1 Å². The highest BCUT2D eigenvalue weighted by molar-refractivity contribution is 7.89. The Hall–Kier alpha value is -1.19. The smallest absolute Gasteiger partial charge is 0.267 e. The van der Waals surface area contributed by atoms with Crippen molar-refractivity contribution >= 4 is 26.7 Å². The Kier molecular flexibility index (Phi) is 5.90. The number of carbonyl (C=O) groups is 1. The lowest BCUT2D eigenvalue weighted by molar-refractivity contribution is 0.0944. The molecule has 0 aliphatic carbocycles. The number of aryl methyl sites for hydroxylation is 1. The van der Waals surface area contributed by atoms with Gasteiger partial charge < -0.3 is 9.88 Å². The van der Waals surface area contributed by atoms with E-state index in [4.69, 9.17) is 5.14 Å². The number of primary sulfonamides is 1. The van der Waals surface area contributed by atoms with Crippen molar-refractivity contribution in [2.45, 2.75) is 24.8 Å². The Morgan fingerprint density at radius 2 is 2.15 bits per heavy atom. The zero-order chi connectivity index (χ0) is 15.3. The van der Waals surface area contributed by atoms with Gasteiger partial charge in [-0.05, 0) is 19.4 Å². The van der Waals surface area contributed by atoms with Crippen LogP contribution >= 0.6 is 0 Å². The predicted octanol–water partition coefficient (Wildman–Crippen LogP) is -0.346. The van der Waals surface area contributed by atoms with Crippen LogP contribution < -0.4 is 10.5 Å². The molecule has 0 radical (unpaired) electrons. The van der Waals surface area contributed by atoms with Crippen LogP contribution in [0.2, 0.25) is 0 Å². The Morgan fingerprint density at radius 3 is 2.65 bits per heavy atom. The minimum atomic E-state index is -3.83. The van der Waals surface area contributed by atoms with Gasteiger partial charge in [0.25, 0.3) is 5.91 Å². The van der Waals surface area contributed by atoms with Crippen LogP contribution in [0.4, 0.5) is 0 Å². The highest BCUT2D eigenvalue weighted by atomic mass is 32.2. The second-order valence-electron chi connectivity index (χ2n) is 4.28. The van der Waals surface area contributed by atoms with Gasteiger partial charge in [-0.2, -0.15) is 0 Å². The van der Waals surface area contributed by atoms with Crippen LogP contribution in [0.25, 0.3) is 0 Å². The molecule has 7 nitrogen and oxygen atoms in total. The Balaban J connectivity index is 2.77. The van der Waals surface area contributed by atoms with Crippen molar-refractivity contribution in [2.24, 2.45) is 5.14 Å². The first kappa shape index (κ1) is 16.9. The standard InChI is InChI=1S/C11H19N3O4S2/c1-3-14-8-9(20(12,17)18)7-10(14)11(15)13-5-4-6-19(2)16/h7-8H,3-6H2,1-2H3,(H,13,15)(H2,12,17,18). The van der Waals surface area contributed by atoms with Gasteiger partial charge in [0.15, 0.2) is 0 Å². The van der Waals surface area contributed by atoms with Crippen molar-refractivity contribution in [1.82, 2.24) is 9.88 Å². The highest BCUT2D eigenvalue weighted by Gasteiger charge is 2.17. The zero-order valence-corrected chi connectivity index (χ0v) is 13.1. The van der Waals surface area contributed by atoms with Gasteiger partial charge in [0.1, 0.15) is 10.6 Å². The van der Waals surface area contributed by atoms with E-state index < -0.39 is 20.8 Å². The van der Waals surface area contributed by atoms with Gasteiger partial charge in [0.05, 0.1) is 0 Å². The van der Waals surface area contributed by atoms with Crippen LogP contribution in [0.5, 0.6) is 0 Å². The van der Waals surface area contributed by atoms with E-state index >= 15 is 0 Å². The van der Waals surface area contributed by atoms with Crippen molar-refractivity contribution in [1.29, 1.82) is 0 Å². The van der Waals surface area contributed by atoms with Gasteiger partial charge in [-0.15, -0.1) is 0 Å². The molecule has 114 valence electrons. The molecule has 1 unspecified atom stereocenters. The molecule has 3 N–H and O–H groups in total. The lowest BCUT2D eigenvalue weighted by Crippen LogP contribution is -2.27. The van der Waals surface area contributed by atoms with Gasteiger partial charge in [-0.25, -0.2) is 13.6 Å². The first-order valence-corrected chi connectivity index (χ1v) is 9.34. The summed E-state index contributed by atoms with van der Waals surface area (Å²) in [5.74, 6) is 0.140. The first-order chi connectivity index (χ1) is 9.25. The van der Waals surface area contributed by atoms with Gasteiger partial charge >= 0.3 is 0 Å². The molecule has 1 aromatic heterocycles. The molecule has 20 heavy (non-hydrogen) atoms. The maximum atomic E-state index is 12.0. The van der Waals surface area contributed by atoms with E-state index in [2.05, 4.69) is 5.32 Å². The summed E-state index contributed by atoms with van der Waals surface area (Å²) in [4.78, 5) is 11.9. The Labute approximate surface area is 121 Å². The van der Waals surface area contributed by atoms with Crippen molar-refractivity contribution in [3.63, 3.8) is 0 Å². The van der Waals surface area contributed by atoms with Crippen LogP contribution in [-0.4, -0.2) is 41.7 Å². The van der Waals surface area contributed by atoms with E-state index in [1.807, 2.05) is 0 Å². The molecule has 0 spiro atoms. The van der Waals surface area contributed by atoms with Gasteiger partial charge in [0.2, 0.25) is 10.0 Å². The number of nitrogens with one attached hydrogen (secondary N) is 1. The molecule has 0 aromatic carbocycles. The number of rotatable bonds is 7. The number of amides is 1. The molecule has 9 heteroatoms. The quantitative estimate of drug-likeness (QED) is 0.669. The number of nitrogens with zero attached hydrogens (tertiary/aromatic N) is 1. The van der Waals surface area contributed by atoms with E-state index in [1.54, 1.807) is 13.2 Å². The summed E-state index contributed by atoms with van der Waals surface area (Å²) in [6.07, 6.45) is 3.54. The lowest BCUT2D eigenvalue weighted by Gasteiger charge is -2.07. The summed E-state index contributed by atoms with van der Waals surface area (Å²) >= 11 is 0. The summed E-state index contributed by atoms with van der Waals surface area (Å²) in [7, 11) is -4.72. The first-order valence-electron chi connectivity index (χ1n) is 6.07. The molecular weight excluding hydrogens is 302 g/mol. The minimum absolute atomic E-state index is 0.0841. The van der Waals surface area contributed by atoms with Crippen LogP contribution in [0.1, 0.15) is 23.8 Å². The number of carbonyl (C=O) groups excluding carboxylic acids is 1. The summed E-state index contributed by atoms with van der Waals surface area (Å²) < 4.78 is 34.9. The number of sulfonamides is 1. The molecule has 1 heterocycles. The summed E-state index contributed by atoms with van der Waals surface area (Å²) in [5, 5.41) is 7.71. The van der Waals surface area contributed by atoms with E-state index in [1.165, 1.54) is 16.8 Å². The van der Waals surface area contributed by atoms with E-state index in [9.17, 15) is 17.4 Å². The van der Waals surface area contributed by atoms with E-state index in [0.29, 0.717) is 25.3 Å². The monoisotopic (exact) mass is 321 g/mol. The SMILES string of the molecule is CCn1cc(S(N)(=O)=O)cc1C(=O)NCCCS(C)=O. The van der Waals surface area contributed by atoms with Crippen molar-refractivity contribution in [3.8, 4) is 0 Å². The topological polar surface area (TPSA) is 111 Å². The van der Waals surface area contributed by atoms with Gasteiger partial charge in [-0.1, -0.05) is 0 Å². The third-order valence-electron chi connectivity index (χ3n) is 2.67. The molecule has 1 aromatic rings. The maximum Gasteiger partial charge on any atom is 0.267 e. The van der Waals surface area contributed by atoms with Crippen LogP contribution in [-0.2, 0) is 27.4 Å². The Morgan fingerprint density at radius 1 is 1.50 bits per heavy atom. The second kappa shape index (κ2) is 7.00. The predicted molar refractivity (Wildman–Crippen MR) is 77.4 cm³/mol. The number of hydrogen-bond acceptors (Lipinski definition) is 4. The third-order valence-corrected chi connectivity index (χ3v) is 4.41. The number of nitrogens with two attached hydrogens (primary N) is 1. The van der Waals surface area contributed by atoms with Gasteiger partial charge in [-0.3, -0.25) is 9.00 Å². The van der Waals surface area contributed by atoms with Crippen LogP contribution in [0.15, 0.2) is 17.2 Å². The molecular formula is C11H19N3O4S2. The van der Waals surface area contributed by atoms with Crippen molar-refractivity contribution < 1.29 is 17.4 Å². The molecule has 1 rings (SSSR count). The fourth-order valence-electron chi connectivity index (χ4n) is 1.66. The fraction of sp³-hybridized carbons (Fsp3) is 0.545. The zero-order valence-electron chi connectivity index (χ0n) is 11.5. The number of hydrogen-bond donors (Lipinski definition) is 2. The van der Waals surface area contributed by atoms with E-state index in [-0.39, 0.29) is 16.5 Å². The molecule has 1 amide bonds.